The van der Waals surface area contributed by atoms with Crippen molar-refractivity contribution >= 4 is 16.0 Å². The van der Waals surface area contributed by atoms with Crippen LogP contribution < -0.4 is 4.74 Å². The van der Waals surface area contributed by atoms with Gasteiger partial charge in [0, 0.05) is 19.4 Å². The Bertz CT molecular complexity index is 1100. The molecule has 1 fully saturated rings. The number of carbonyl (C=O) groups is 1. The summed E-state index contributed by atoms with van der Waals surface area (Å²) in [5.41, 5.74) is 1.03. The lowest BCUT2D eigenvalue weighted by Gasteiger charge is -2.34. The van der Waals surface area contributed by atoms with Gasteiger partial charge in [0.25, 0.3) is 0 Å². The van der Waals surface area contributed by atoms with Crippen molar-refractivity contribution in [3.8, 4) is 5.75 Å². The van der Waals surface area contributed by atoms with Crippen LogP contribution >= 0.6 is 0 Å². The molecule has 33 heavy (non-hydrogen) atoms. The largest absolute Gasteiger partial charge is 0.482 e. The molecule has 0 radical (unpaired) electrons. The second-order valence-corrected chi connectivity index (χ2v) is 9.76. The molecular weight excluding hydrogens is 450 g/mol. The van der Waals surface area contributed by atoms with Crippen molar-refractivity contribution < 1.29 is 37.6 Å². The fourth-order valence-corrected chi connectivity index (χ4v) is 5.48. The minimum atomic E-state index is -4.06. The summed E-state index contributed by atoms with van der Waals surface area (Å²) in [6.45, 7) is 0.0415. The maximum Gasteiger partial charge on any atom is 0.322 e. The average Bonchev–Trinajstić information content (AvgIpc) is 3.34. The van der Waals surface area contributed by atoms with Crippen molar-refractivity contribution in [2.24, 2.45) is 0 Å². The van der Waals surface area contributed by atoms with Crippen molar-refractivity contribution in [2.45, 2.75) is 42.4 Å². The van der Waals surface area contributed by atoms with E-state index in [0.29, 0.717) is 17.9 Å². The highest BCUT2D eigenvalue weighted by Crippen LogP contribution is 2.28. The number of carboxylic acids is 1. The standard InChI is InChI=1S/C23H25NO8S/c25-17-10-11-24(20(13-17)23(26)27)33(28,29)19-8-6-18(7-9-19)32-21(22-14-30-15-31-22)12-16-4-2-1-3-5-16/h1-9,14,17,20-21,25H,10-13,15H2,(H,26,27). The van der Waals surface area contributed by atoms with Crippen LogP contribution in [0.2, 0.25) is 0 Å². The zero-order valence-electron chi connectivity index (χ0n) is 17.7. The second kappa shape index (κ2) is 9.82. The number of carboxylic acid groups (broad SMARTS) is 1. The van der Waals surface area contributed by atoms with Gasteiger partial charge >= 0.3 is 5.97 Å². The molecule has 9 nitrogen and oxygen atoms in total. The zero-order valence-corrected chi connectivity index (χ0v) is 18.6. The molecule has 2 aromatic rings. The van der Waals surface area contributed by atoms with Gasteiger partial charge in [-0.1, -0.05) is 30.3 Å². The predicted molar refractivity (Wildman–Crippen MR) is 117 cm³/mol. The number of sulfonamides is 1. The van der Waals surface area contributed by atoms with E-state index in [1.807, 2.05) is 30.3 Å². The molecule has 2 heterocycles. The number of aliphatic hydroxyl groups excluding tert-OH is 1. The number of aliphatic hydroxyl groups is 1. The van der Waals surface area contributed by atoms with E-state index in [1.165, 1.54) is 30.5 Å². The van der Waals surface area contributed by atoms with E-state index in [2.05, 4.69) is 0 Å². The lowest BCUT2D eigenvalue weighted by Crippen LogP contribution is -2.51. The van der Waals surface area contributed by atoms with Gasteiger partial charge in [-0.2, -0.15) is 4.31 Å². The van der Waals surface area contributed by atoms with Gasteiger partial charge in [-0.3, -0.25) is 4.79 Å². The van der Waals surface area contributed by atoms with Crippen molar-refractivity contribution in [2.75, 3.05) is 13.3 Å². The van der Waals surface area contributed by atoms with Crippen molar-refractivity contribution in [1.82, 2.24) is 4.31 Å². The SMILES string of the molecule is O=C(O)C1CC(O)CCN1S(=O)(=O)c1ccc(OC(Cc2ccccc2)C2=COCO2)cc1. The molecule has 0 amide bonds. The number of hydrogen-bond donors (Lipinski definition) is 2. The number of piperidine rings is 1. The highest BCUT2D eigenvalue weighted by Gasteiger charge is 2.40. The number of aliphatic carboxylic acids is 1. The number of rotatable bonds is 8. The third-order valence-corrected chi connectivity index (χ3v) is 7.52. The molecule has 2 N–H and O–H groups in total. The Kier molecular flexibility index (Phi) is 6.87. The van der Waals surface area contributed by atoms with Crippen molar-refractivity contribution in [3.63, 3.8) is 0 Å². The molecule has 4 rings (SSSR count). The summed E-state index contributed by atoms with van der Waals surface area (Å²) in [5, 5.41) is 19.2. The smallest absolute Gasteiger partial charge is 0.322 e. The second-order valence-electron chi connectivity index (χ2n) is 7.86. The highest BCUT2D eigenvalue weighted by molar-refractivity contribution is 7.89. The van der Waals surface area contributed by atoms with Crippen LogP contribution in [-0.2, 0) is 30.7 Å². The summed E-state index contributed by atoms with van der Waals surface area (Å²) < 4.78 is 43.9. The van der Waals surface area contributed by atoms with Crippen molar-refractivity contribution in [1.29, 1.82) is 0 Å². The van der Waals surface area contributed by atoms with Crippen LogP contribution in [0.3, 0.4) is 0 Å². The van der Waals surface area contributed by atoms with E-state index in [0.717, 1.165) is 9.87 Å². The van der Waals surface area contributed by atoms with Crippen LogP contribution in [0.25, 0.3) is 0 Å². The minimum absolute atomic E-state index is 0.0447. The summed E-state index contributed by atoms with van der Waals surface area (Å²) in [7, 11) is -4.06. The normalized spacial score (nSPS) is 22.0. The topological polar surface area (TPSA) is 123 Å². The molecule has 10 heteroatoms. The molecule has 2 aliphatic rings. The highest BCUT2D eigenvalue weighted by atomic mass is 32.2. The van der Waals surface area contributed by atoms with Crippen LogP contribution in [0.4, 0.5) is 0 Å². The number of ether oxygens (including phenoxy) is 3. The minimum Gasteiger partial charge on any atom is -0.482 e. The quantitative estimate of drug-likeness (QED) is 0.595. The molecule has 0 aliphatic carbocycles. The number of nitrogens with zero attached hydrogens (tertiary/aromatic N) is 1. The zero-order chi connectivity index (χ0) is 23.4. The Labute approximate surface area is 191 Å². The molecule has 176 valence electrons. The van der Waals surface area contributed by atoms with Gasteiger partial charge in [-0.05, 0) is 36.2 Å². The molecule has 0 spiro atoms. The summed E-state index contributed by atoms with van der Waals surface area (Å²) in [6, 6.07) is 14.2. The van der Waals surface area contributed by atoms with E-state index in [4.69, 9.17) is 14.2 Å². The van der Waals surface area contributed by atoms with Crippen LogP contribution in [0.1, 0.15) is 18.4 Å². The first-order valence-electron chi connectivity index (χ1n) is 10.5. The summed E-state index contributed by atoms with van der Waals surface area (Å²) in [6.07, 6.45) is 0.746. The molecule has 0 aromatic heterocycles. The maximum atomic E-state index is 13.1. The Hall–Kier alpha value is -3.08. The predicted octanol–water partition coefficient (Wildman–Crippen LogP) is 2.12. The Balaban J connectivity index is 1.52. The van der Waals surface area contributed by atoms with Gasteiger partial charge in [0.2, 0.25) is 16.8 Å². The fourth-order valence-electron chi connectivity index (χ4n) is 3.88. The van der Waals surface area contributed by atoms with Crippen LogP contribution in [0.5, 0.6) is 5.75 Å². The number of benzene rings is 2. The van der Waals surface area contributed by atoms with Gasteiger partial charge in [-0.25, -0.2) is 8.42 Å². The van der Waals surface area contributed by atoms with E-state index in [9.17, 15) is 23.4 Å². The third kappa shape index (κ3) is 5.29. The van der Waals surface area contributed by atoms with Crippen molar-refractivity contribution in [3.05, 3.63) is 72.2 Å². The van der Waals surface area contributed by atoms with E-state index >= 15 is 0 Å². The Morgan fingerprint density at radius 3 is 2.52 bits per heavy atom. The Morgan fingerprint density at radius 1 is 1.15 bits per heavy atom. The monoisotopic (exact) mass is 475 g/mol. The first-order valence-corrected chi connectivity index (χ1v) is 12.0. The van der Waals surface area contributed by atoms with Crippen LogP contribution in [-0.4, -0.2) is 60.5 Å². The third-order valence-electron chi connectivity index (χ3n) is 5.59. The van der Waals surface area contributed by atoms with Gasteiger partial charge in [0.1, 0.15) is 18.1 Å². The fraction of sp³-hybridized carbons (Fsp3) is 0.348. The lowest BCUT2D eigenvalue weighted by atomic mass is 10.0. The van der Waals surface area contributed by atoms with Gasteiger partial charge in [0.15, 0.2) is 11.9 Å². The first kappa shape index (κ1) is 23.1. The van der Waals surface area contributed by atoms with Crippen LogP contribution in [0, 0.1) is 0 Å². The molecule has 2 aromatic carbocycles. The molecule has 0 saturated carbocycles. The molecule has 2 aliphatic heterocycles. The number of hydrogen-bond acceptors (Lipinski definition) is 7. The molecular formula is C23H25NO8S. The Morgan fingerprint density at radius 2 is 1.88 bits per heavy atom. The molecule has 1 saturated heterocycles. The first-order chi connectivity index (χ1) is 15.8. The van der Waals surface area contributed by atoms with Crippen LogP contribution in [0.15, 0.2) is 71.5 Å². The van der Waals surface area contributed by atoms with Gasteiger partial charge < -0.3 is 24.4 Å². The van der Waals surface area contributed by atoms with E-state index in [-0.39, 0.29) is 31.1 Å². The lowest BCUT2D eigenvalue weighted by molar-refractivity contribution is -0.143. The summed E-state index contributed by atoms with van der Waals surface area (Å²) in [4.78, 5) is 11.5. The van der Waals surface area contributed by atoms with E-state index < -0.39 is 34.2 Å². The van der Waals surface area contributed by atoms with Gasteiger partial charge in [-0.15, -0.1) is 0 Å². The molecule has 0 bridgehead atoms. The average molecular weight is 476 g/mol. The molecule has 3 atom stereocenters. The van der Waals surface area contributed by atoms with E-state index in [1.54, 1.807) is 0 Å². The summed E-state index contributed by atoms with van der Waals surface area (Å²) >= 11 is 0. The summed E-state index contributed by atoms with van der Waals surface area (Å²) in [5.74, 6) is -0.324. The van der Waals surface area contributed by atoms with Gasteiger partial charge in [0.05, 0.1) is 11.0 Å². The molecule has 3 unspecified atom stereocenters. The maximum absolute atomic E-state index is 13.1.